The van der Waals surface area contributed by atoms with E-state index in [0.717, 1.165) is 23.7 Å². The summed E-state index contributed by atoms with van der Waals surface area (Å²) in [6.45, 7) is 9.53. The first-order chi connectivity index (χ1) is 6.70. The van der Waals surface area contributed by atoms with Crippen molar-refractivity contribution in [3.8, 4) is 0 Å². The van der Waals surface area contributed by atoms with Crippen LogP contribution in [0.15, 0.2) is 0 Å². The molecule has 14 heavy (non-hydrogen) atoms. The highest BCUT2D eigenvalue weighted by atomic mass is 14.4. The van der Waals surface area contributed by atoms with Gasteiger partial charge in [0.15, 0.2) is 0 Å². The molecule has 0 spiro atoms. The molecule has 0 aromatic rings. The maximum atomic E-state index is 2.42. The van der Waals surface area contributed by atoms with E-state index in [-0.39, 0.29) is 0 Å². The van der Waals surface area contributed by atoms with Crippen LogP contribution >= 0.6 is 0 Å². The summed E-state index contributed by atoms with van der Waals surface area (Å²) >= 11 is 0. The molecule has 0 saturated heterocycles. The van der Waals surface area contributed by atoms with Crippen molar-refractivity contribution in [3.05, 3.63) is 0 Å². The minimum Gasteiger partial charge on any atom is -0.0654 e. The molecule has 3 unspecified atom stereocenters. The molecule has 3 atom stereocenters. The largest absolute Gasteiger partial charge is 0.0654 e. The lowest BCUT2D eigenvalue weighted by atomic mass is 9.62. The van der Waals surface area contributed by atoms with Crippen LogP contribution in [0.2, 0.25) is 0 Å². The monoisotopic (exact) mass is 196 g/mol. The molecule has 0 N–H and O–H groups in total. The third-order valence-electron chi connectivity index (χ3n) is 4.30. The van der Waals surface area contributed by atoms with Crippen LogP contribution in [-0.2, 0) is 0 Å². The lowest BCUT2D eigenvalue weighted by molar-refractivity contribution is 0.0656. The maximum absolute atomic E-state index is 2.42. The Hall–Kier alpha value is 0. The number of hydrogen-bond donors (Lipinski definition) is 0. The van der Waals surface area contributed by atoms with Crippen molar-refractivity contribution < 1.29 is 0 Å². The highest BCUT2D eigenvalue weighted by Gasteiger charge is 2.36. The summed E-state index contributed by atoms with van der Waals surface area (Å²) in [6, 6.07) is 0. The van der Waals surface area contributed by atoms with Gasteiger partial charge in [-0.25, -0.2) is 0 Å². The zero-order valence-corrected chi connectivity index (χ0v) is 10.6. The predicted molar refractivity (Wildman–Crippen MR) is 64.4 cm³/mol. The topological polar surface area (TPSA) is 0 Å². The molecule has 0 heteroatoms. The van der Waals surface area contributed by atoms with Gasteiger partial charge in [-0.2, -0.15) is 0 Å². The summed E-state index contributed by atoms with van der Waals surface area (Å²) in [5.41, 5.74) is 0. The van der Waals surface area contributed by atoms with Gasteiger partial charge >= 0.3 is 0 Å². The molecule has 0 nitrogen and oxygen atoms in total. The van der Waals surface area contributed by atoms with Gasteiger partial charge < -0.3 is 0 Å². The van der Waals surface area contributed by atoms with Crippen LogP contribution in [0.4, 0.5) is 0 Å². The molecule has 0 amide bonds. The Morgan fingerprint density at radius 3 is 2.21 bits per heavy atom. The fraction of sp³-hybridized carbons (Fsp3) is 1.00. The quantitative estimate of drug-likeness (QED) is 0.567. The zero-order valence-electron chi connectivity index (χ0n) is 10.6. The smallest absolute Gasteiger partial charge is 0.0355 e. The second kappa shape index (κ2) is 5.78. The molecular weight excluding hydrogens is 168 g/mol. The highest BCUT2D eigenvalue weighted by molar-refractivity contribution is 4.86. The Labute approximate surface area is 90.5 Å². The van der Waals surface area contributed by atoms with Gasteiger partial charge in [0.05, 0.1) is 0 Å². The molecular formula is C14H28. The Kier molecular flexibility index (Phi) is 4.98. The van der Waals surface area contributed by atoms with Crippen molar-refractivity contribution in [1.82, 2.24) is 0 Å². The fourth-order valence-corrected chi connectivity index (χ4v) is 3.15. The van der Waals surface area contributed by atoms with Gasteiger partial charge in [0, 0.05) is 0 Å². The van der Waals surface area contributed by atoms with E-state index < -0.39 is 0 Å². The molecule has 0 aromatic carbocycles. The first-order valence-corrected chi connectivity index (χ1v) is 6.70. The summed E-state index contributed by atoms with van der Waals surface area (Å²) in [6.07, 6.45) is 8.74. The first-order valence-electron chi connectivity index (χ1n) is 6.70. The molecule has 0 aliphatic heterocycles. The standard InChI is InChI=1S/C14H28/c1-5-7-8-13(11(3)4)14-10-9-12(14)6-2/h11-14H,5-10H2,1-4H3. The second-order valence-electron chi connectivity index (χ2n) is 5.46. The van der Waals surface area contributed by atoms with E-state index in [2.05, 4.69) is 27.7 Å². The number of rotatable bonds is 6. The van der Waals surface area contributed by atoms with E-state index in [4.69, 9.17) is 0 Å². The SMILES string of the molecule is CCCCC(C(C)C)C1CCC1CC. The maximum Gasteiger partial charge on any atom is -0.0355 e. The lowest BCUT2D eigenvalue weighted by Gasteiger charge is -2.43. The predicted octanol–water partition coefficient (Wildman–Crippen LogP) is 4.89. The third-order valence-corrected chi connectivity index (χ3v) is 4.30. The number of hydrogen-bond acceptors (Lipinski definition) is 0. The third kappa shape index (κ3) is 2.74. The molecule has 1 saturated carbocycles. The van der Waals surface area contributed by atoms with Crippen LogP contribution in [0.5, 0.6) is 0 Å². The van der Waals surface area contributed by atoms with Gasteiger partial charge in [-0.1, -0.05) is 47.0 Å². The normalized spacial score (nSPS) is 28.9. The fourth-order valence-electron chi connectivity index (χ4n) is 3.15. The van der Waals surface area contributed by atoms with Crippen molar-refractivity contribution in [3.63, 3.8) is 0 Å². The van der Waals surface area contributed by atoms with Crippen molar-refractivity contribution in [1.29, 1.82) is 0 Å². The first kappa shape index (κ1) is 12.1. The van der Waals surface area contributed by atoms with Gasteiger partial charge in [-0.05, 0) is 42.9 Å². The van der Waals surface area contributed by atoms with Gasteiger partial charge in [-0.15, -0.1) is 0 Å². The van der Waals surface area contributed by atoms with Gasteiger partial charge in [0.25, 0.3) is 0 Å². The molecule has 1 aliphatic rings. The van der Waals surface area contributed by atoms with E-state index in [1.807, 2.05) is 0 Å². The van der Waals surface area contributed by atoms with Crippen molar-refractivity contribution in [2.24, 2.45) is 23.7 Å². The average Bonchev–Trinajstić information content (AvgIpc) is 2.10. The van der Waals surface area contributed by atoms with E-state index >= 15 is 0 Å². The van der Waals surface area contributed by atoms with E-state index in [9.17, 15) is 0 Å². The molecule has 84 valence electrons. The van der Waals surface area contributed by atoms with Crippen molar-refractivity contribution >= 4 is 0 Å². The lowest BCUT2D eigenvalue weighted by Crippen LogP contribution is -2.34. The molecule has 0 heterocycles. The van der Waals surface area contributed by atoms with Gasteiger partial charge in [-0.3, -0.25) is 0 Å². The Morgan fingerprint density at radius 2 is 1.86 bits per heavy atom. The van der Waals surface area contributed by atoms with Gasteiger partial charge in [0.1, 0.15) is 0 Å². The molecule has 1 rings (SSSR count). The Balaban J connectivity index is 2.41. The van der Waals surface area contributed by atoms with Crippen LogP contribution in [0, 0.1) is 23.7 Å². The van der Waals surface area contributed by atoms with Gasteiger partial charge in [0.2, 0.25) is 0 Å². The van der Waals surface area contributed by atoms with E-state index in [0.29, 0.717) is 0 Å². The van der Waals surface area contributed by atoms with E-state index in [1.165, 1.54) is 38.5 Å². The molecule has 1 aliphatic carbocycles. The van der Waals surface area contributed by atoms with Crippen LogP contribution < -0.4 is 0 Å². The van der Waals surface area contributed by atoms with Crippen LogP contribution in [0.3, 0.4) is 0 Å². The summed E-state index contributed by atoms with van der Waals surface area (Å²) in [5, 5.41) is 0. The summed E-state index contributed by atoms with van der Waals surface area (Å²) in [7, 11) is 0. The van der Waals surface area contributed by atoms with Crippen LogP contribution in [0.25, 0.3) is 0 Å². The zero-order chi connectivity index (χ0) is 10.6. The van der Waals surface area contributed by atoms with Crippen molar-refractivity contribution in [2.75, 3.05) is 0 Å². The molecule has 0 aromatic heterocycles. The average molecular weight is 196 g/mol. The highest BCUT2D eigenvalue weighted by Crippen LogP contribution is 2.45. The number of unbranched alkanes of at least 4 members (excludes halogenated alkanes) is 1. The van der Waals surface area contributed by atoms with Crippen molar-refractivity contribution in [2.45, 2.75) is 66.2 Å². The summed E-state index contributed by atoms with van der Waals surface area (Å²) in [4.78, 5) is 0. The molecule has 1 fully saturated rings. The molecule has 0 radical (unpaired) electrons. The summed E-state index contributed by atoms with van der Waals surface area (Å²) in [5.74, 6) is 4.07. The van der Waals surface area contributed by atoms with Crippen LogP contribution in [-0.4, -0.2) is 0 Å². The minimum atomic E-state index is 0.904. The Bertz CT molecular complexity index is 146. The summed E-state index contributed by atoms with van der Waals surface area (Å²) < 4.78 is 0. The van der Waals surface area contributed by atoms with Crippen LogP contribution in [0.1, 0.15) is 66.2 Å². The second-order valence-corrected chi connectivity index (χ2v) is 5.46. The van der Waals surface area contributed by atoms with E-state index in [1.54, 1.807) is 0 Å². The Morgan fingerprint density at radius 1 is 1.14 bits per heavy atom. The minimum absolute atomic E-state index is 0.904. The molecule has 0 bridgehead atoms.